The average Bonchev–Trinajstić information content (AvgIpc) is 3.17. The number of amides is 1. The van der Waals surface area contributed by atoms with Gasteiger partial charge in [-0.05, 0) is 32.2 Å². The molecule has 1 aliphatic heterocycles. The first-order valence-corrected chi connectivity index (χ1v) is 9.04. The van der Waals surface area contributed by atoms with Crippen LogP contribution in [0.2, 0.25) is 0 Å². The Balaban J connectivity index is 1.65. The fourth-order valence-electron chi connectivity index (χ4n) is 3.22. The molecule has 0 radical (unpaired) electrons. The van der Waals surface area contributed by atoms with E-state index in [0.717, 1.165) is 56.7 Å². The van der Waals surface area contributed by atoms with Gasteiger partial charge in [-0.2, -0.15) is 5.10 Å². The number of piperidine rings is 1. The molecule has 2 aromatic rings. The van der Waals surface area contributed by atoms with Gasteiger partial charge >= 0.3 is 0 Å². The number of aryl methyl sites for hydroxylation is 1. The summed E-state index contributed by atoms with van der Waals surface area (Å²) in [5.74, 6) is -0.128. The summed E-state index contributed by atoms with van der Waals surface area (Å²) in [7, 11) is 0. The highest BCUT2D eigenvalue weighted by atomic mass is 32.1. The number of aromatic nitrogens is 3. The minimum Gasteiger partial charge on any atom is -0.365 e. The van der Waals surface area contributed by atoms with Gasteiger partial charge in [-0.1, -0.05) is 6.92 Å². The Bertz CT molecular complexity index is 665. The standard InChI is InChI=1S/C16H23N5OS/c1-2-4-14-19-12(10-23-14)9-21-6-3-5-11(8-21)15-13(16(17)22)7-18-20-15/h7,10-11H,2-6,8-9H2,1H3,(H2,17,22)(H,18,20)/t11-/m0/s1. The van der Waals surface area contributed by atoms with Crippen LogP contribution in [0, 0.1) is 0 Å². The van der Waals surface area contributed by atoms with Gasteiger partial charge in [0.2, 0.25) is 0 Å². The Morgan fingerprint density at radius 2 is 2.43 bits per heavy atom. The lowest BCUT2D eigenvalue weighted by Crippen LogP contribution is -2.34. The lowest BCUT2D eigenvalue weighted by molar-refractivity contribution is 0.0997. The molecule has 7 heteroatoms. The van der Waals surface area contributed by atoms with Crippen LogP contribution >= 0.6 is 11.3 Å². The number of H-pyrrole nitrogens is 1. The van der Waals surface area contributed by atoms with Crippen molar-refractivity contribution in [3.05, 3.63) is 33.5 Å². The van der Waals surface area contributed by atoms with Crippen molar-refractivity contribution in [3.8, 4) is 0 Å². The number of nitrogens with zero attached hydrogens (tertiary/aromatic N) is 3. The number of nitrogens with one attached hydrogen (secondary N) is 1. The summed E-state index contributed by atoms with van der Waals surface area (Å²) in [6.07, 6.45) is 5.89. The Morgan fingerprint density at radius 1 is 1.57 bits per heavy atom. The molecule has 0 spiro atoms. The number of rotatable bonds is 6. The summed E-state index contributed by atoms with van der Waals surface area (Å²) in [5, 5.41) is 10.4. The van der Waals surface area contributed by atoms with Crippen molar-refractivity contribution in [1.29, 1.82) is 0 Å². The van der Waals surface area contributed by atoms with Crippen LogP contribution in [-0.2, 0) is 13.0 Å². The van der Waals surface area contributed by atoms with Crippen LogP contribution in [0.25, 0.3) is 0 Å². The highest BCUT2D eigenvalue weighted by Crippen LogP contribution is 2.28. The van der Waals surface area contributed by atoms with E-state index in [4.69, 9.17) is 10.7 Å². The Morgan fingerprint density at radius 3 is 3.22 bits per heavy atom. The van der Waals surface area contributed by atoms with Crippen molar-refractivity contribution < 1.29 is 4.79 Å². The van der Waals surface area contributed by atoms with Crippen LogP contribution in [0.5, 0.6) is 0 Å². The molecule has 0 unspecified atom stereocenters. The fraction of sp³-hybridized carbons (Fsp3) is 0.562. The zero-order valence-electron chi connectivity index (χ0n) is 13.4. The number of likely N-dealkylation sites (tertiary alicyclic amines) is 1. The highest BCUT2D eigenvalue weighted by molar-refractivity contribution is 7.09. The fourth-order valence-corrected chi connectivity index (χ4v) is 4.11. The molecule has 0 saturated carbocycles. The number of carbonyl (C=O) groups excluding carboxylic acids is 1. The number of aromatic amines is 1. The molecule has 2 aromatic heterocycles. The summed E-state index contributed by atoms with van der Waals surface area (Å²) < 4.78 is 0. The largest absolute Gasteiger partial charge is 0.365 e. The first kappa shape index (κ1) is 16.1. The van der Waals surface area contributed by atoms with Crippen LogP contribution in [0.15, 0.2) is 11.6 Å². The molecule has 1 saturated heterocycles. The maximum absolute atomic E-state index is 11.5. The summed E-state index contributed by atoms with van der Waals surface area (Å²) in [5.41, 5.74) is 7.99. The van der Waals surface area contributed by atoms with E-state index >= 15 is 0 Å². The van der Waals surface area contributed by atoms with Gasteiger partial charge in [0.1, 0.15) is 0 Å². The molecule has 23 heavy (non-hydrogen) atoms. The predicted octanol–water partition coefficient (Wildman–Crippen LogP) is 2.30. The van der Waals surface area contributed by atoms with Gasteiger partial charge < -0.3 is 5.73 Å². The SMILES string of the molecule is CCCc1nc(CN2CCC[C@H](c3[nH]ncc3C(N)=O)C2)cs1. The minimum atomic E-state index is -0.408. The maximum Gasteiger partial charge on any atom is 0.252 e. The average molecular weight is 333 g/mol. The molecule has 3 N–H and O–H groups in total. The molecule has 3 heterocycles. The normalized spacial score (nSPS) is 19.1. The van der Waals surface area contributed by atoms with Gasteiger partial charge in [-0.15, -0.1) is 11.3 Å². The van der Waals surface area contributed by atoms with Crippen molar-refractivity contribution in [2.45, 2.75) is 45.1 Å². The number of thiazole rings is 1. The first-order valence-electron chi connectivity index (χ1n) is 8.16. The number of hydrogen-bond donors (Lipinski definition) is 2. The smallest absolute Gasteiger partial charge is 0.252 e. The quantitative estimate of drug-likeness (QED) is 0.849. The van der Waals surface area contributed by atoms with Crippen LogP contribution in [-0.4, -0.2) is 39.1 Å². The second-order valence-electron chi connectivity index (χ2n) is 6.12. The molecular formula is C16H23N5OS. The van der Waals surface area contributed by atoms with E-state index in [2.05, 4.69) is 27.4 Å². The topological polar surface area (TPSA) is 87.9 Å². The molecule has 0 aromatic carbocycles. The molecular weight excluding hydrogens is 310 g/mol. The van der Waals surface area contributed by atoms with E-state index in [9.17, 15) is 4.79 Å². The summed E-state index contributed by atoms with van der Waals surface area (Å²) in [6.45, 7) is 5.02. The molecule has 0 aliphatic carbocycles. The molecule has 1 amide bonds. The van der Waals surface area contributed by atoms with Crippen LogP contribution in [0.4, 0.5) is 0 Å². The summed E-state index contributed by atoms with van der Waals surface area (Å²) in [4.78, 5) is 18.6. The van der Waals surface area contributed by atoms with Gasteiger partial charge in [0.15, 0.2) is 0 Å². The van der Waals surface area contributed by atoms with Gasteiger partial charge in [-0.25, -0.2) is 4.98 Å². The molecule has 1 fully saturated rings. The number of carbonyl (C=O) groups is 1. The third-order valence-electron chi connectivity index (χ3n) is 4.30. The number of primary amides is 1. The first-order chi connectivity index (χ1) is 11.2. The van der Waals surface area contributed by atoms with E-state index in [-0.39, 0.29) is 5.92 Å². The molecule has 1 aliphatic rings. The number of nitrogens with two attached hydrogens (primary N) is 1. The molecule has 3 rings (SSSR count). The van der Waals surface area contributed by atoms with E-state index in [1.54, 1.807) is 11.3 Å². The Labute approximate surface area is 140 Å². The van der Waals surface area contributed by atoms with E-state index in [1.165, 1.54) is 11.2 Å². The van der Waals surface area contributed by atoms with E-state index < -0.39 is 5.91 Å². The third kappa shape index (κ3) is 3.79. The lowest BCUT2D eigenvalue weighted by atomic mass is 9.92. The predicted molar refractivity (Wildman–Crippen MR) is 90.5 cm³/mol. The Kier molecular flexibility index (Phi) is 5.07. The zero-order chi connectivity index (χ0) is 16.2. The van der Waals surface area contributed by atoms with Gasteiger partial charge in [0.05, 0.1) is 28.2 Å². The summed E-state index contributed by atoms with van der Waals surface area (Å²) in [6, 6.07) is 0. The van der Waals surface area contributed by atoms with Crippen molar-refractivity contribution in [3.63, 3.8) is 0 Å². The third-order valence-corrected chi connectivity index (χ3v) is 5.25. The van der Waals surface area contributed by atoms with Crippen molar-refractivity contribution in [2.75, 3.05) is 13.1 Å². The van der Waals surface area contributed by atoms with Crippen LogP contribution in [0.1, 0.15) is 58.9 Å². The maximum atomic E-state index is 11.5. The van der Waals surface area contributed by atoms with Gasteiger partial charge in [0.25, 0.3) is 5.91 Å². The van der Waals surface area contributed by atoms with Gasteiger partial charge in [-0.3, -0.25) is 14.8 Å². The van der Waals surface area contributed by atoms with Crippen LogP contribution in [0.3, 0.4) is 0 Å². The van der Waals surface area contributed by atoms with Gasteiger partial charge in [0, 0.05) is 24.4 Å². The molecule has 0 bridgehead atoms. The molecule has 124 valence electrons. The lowest BCUT2D eigenvalue weighted by Gasteiger charge is -2.32. The minimum absolute atomic E-state index is 0.280. The summed E-state index contributed by atoms with van der Waals surface area (Å²) >= 11 is 1.75. The zero-order valence-corrected chi connectivity index (χ0v) is 14.2. The molecule has 6 nitrogen and oxygen atoms in total. The highest BCUT2D eigenvalue weighted by Gasteiger charge is 2.26. The second kappa shape index (κ2) is 7.23. The van der Waals surface area contributed by atoms with Crippen molar-refractivity contribution in [2.24, 2.45) is 5.73 Å². The van der Waals surface area contributed by atoms with E-state index in [0.29, 0.717) is 5.56 Å². The monoisotopic (exact) mass is 333 g/mol. The second-order valence-corrected chi connectivity index (χ2v) is 7.06. The van der Waals surface area contributed by atoms with E-state index in [1.807, 2.05) is 0 Å². The Hall–Kier alpha value is -1.73. The van der Waals surface area contributed by atoms with Crippen molar-refractivity contribution >= 4 is 17.2 Å². The number of hydrogen-bond acceptors (Lipinski definition) is 5. The molecule has 1 atom stereocenters. The van der Waals surface area contributed by atoms with Crippen molar-refractivity contribution in [1.82, 2.24) is 20.1 Å². The van der Waals surface area contributed by atoms with Crippen LogP contribution < -0.4 is 5.73 Å².